The Kier molecular flexibility index (Phi) is 4.69. The third-order valence-electron chi connectivity index (χ3n) is 3.15. The minimum Gasteiger partial charge on any atom is -0.355 e. The first-order valence-electron chi connectivity index (χ1n) is 6.26. The van der Waals surface area contributed by atoms with E-state index in [0.29, 0.717) is 6.07 Å². The van der Waals surface area contributed by atoms with Crippen LogP contribution in [0.25, 0.3) is 0 Å². The predicted octanol–water partition coefficient (Wildman–Crippen LogP) is 1.87. The summed E-state index contributed by atoms with van der Waals surface area (Å²) < 4.78 is 64.1. The molecule has 1 heterocycles. The van der Waals surface area contributed by atoms with E-state index < -0.39 is 26.7 Å². The molecular formula is C12H12ClF3N2O3S. The van der Waals surface area contributed by atoms with E-state index in [1.165, 1.54) is 0 Å². The van der Waals surface area contributed by atoms with Gasteiger partial charge in [-0.1, -0.05) is 11.6 Å². The number of halogens is 4. The van der Waals surface area contributed by atoms with Gasteiger partial charge in [0, 0.05) is 26.1 Å². The number of sulfonamides is 1. The van der Waals surface area contributed by atoms with Gasteiger partial charge in [-0.2, -0.15) is 17.5 Å². The third kappa shape index (κ3) is 3.53. The summed E-state index contributed by atoms with van der Waals surface area (Å²) in [6.07, 6.45) is -4.74. The number of carbonyl (C=O) groups excluding carboxylic acids is 1. The minimum absolute atomic E-state index is 0.0271. The predicted molar refractivity (Wildman–Crippen MR) is 72.8 cm³/mol. The summed E-state index contributed by atoms with van der Waals surface area (Å²) in [6.45, 7) is -0.0456. The van der Waals surface area contributed by atoms with Gasteiger partial charge < -0.3 is 5.32 Å². The van der Waals surface area contributed by atoms with E-state index in [9.17, 15) is 26.4 Å². The first-order chi connectivity index (χ1) is 10.1. The molecule has 0 bridgehead atoms. The van der Waals surface area contributed by atoms with E-state index in [0.717, 1.165) is 16.4 Å². The maximum Gasteiger partial charge on any atom is 0.416 e. The fourth-order valence-electron chi connectivity index (χ4n) is 2.00. The molecule has 0 aromatic heterocycles. The zero-order valence-electron chi connectivity index (χ0n) is 11.2. The molecule has 1 amide bonds. The van der Waals surface area contributed by atoms with Crippen molar-refractivity contribution in [3.8, 4) is 0 Å². The minimum atomic E-state index is -4.68. The van der Waals surface area contributed by atoms with Gasteiger partial charge in [0.25, 0.3) is 0 Å². The molecule has 1 aliphatic heterocycles. The van der Waals surface area contributed by atoms with Crippen molar-refractivity contribution in [1.82, 2.24) is 9.62 Å². The molecule has 1 N–H and O–H groups in total. The second-order valence-corrected chi connectivity index (χ2v) is 6.96. The molecule has 22 heavy (non-hydrogen) atoms. The number of alkyl halides is 3. The van der Waals surface area contributed by atoms with Crippen molar-refractivity contribution in [2.24, 2.45) is 0 Å². The van der Waals surface area contributed by atoms with Crippen LogP contribution in [0.5, 0.6) is 0 Å². The lowest BCUT2D eigenvalue weighted by atomic mass is 10.2. The molecule has 0 saturated carbocycles. The van der Waals surface area contributed by atoms with Crippen LogP contribution in [0.15, 0.2) is 23.1 Å². The van der Waals surface area contributed by atoms with Crippen LogP contribution in [-0.4, -0.2) is 38.3 Å². The van der Waals surface area contributed by atoms with E-state index >= 15 is 0 Å². The summed E-state index contributed by atoms with van der Waals surface area (Å²) in [7, 11) is -4.21. The SMILES string of the molecule is O=C1CCN(S(=O)(=O)c2cc(C(F)(F)F)ccc2Cl)CCN1. The van der Waals surface area contributed by atoms with Crippen molar-refractivity contribution in [1.29, 1.82) is 0 Å². The molecule has 0 atom stereocenters. The smallest absolute Gasteiger partial charge is 0.355 e. The van der Waals surface area contributed by atoms with Gasteiger partial charge in [0.1, 0.15) is 4.90 Å². The summed E-state index contributed by atoms with van der Waals surface area (Å²) in [5.41, 5.74) is -1.10. The quantitative estimate of drug-likeness (QED) is 0.879. The van der Waals surface area contributed by atoms with Gasteiger partial charge in [-0.15, -0.1) is 0 Å². The monoisotopic (exact) mass is 356 g/mol. The van der Waals surface area contributed by atoms with Crippen molar-refractivity contribution in [2.75, 3.05) is 19.6 Å². The molecule has 122 valence electrons. The highest BCUT2D eigenvalue weighted by Crippen LogP contribution is 2.34. The van der Waals surface area contributed by atoms with Crippen LogP contribution in [0, 0.1) is 0 Å². The topological polar surface area (TPSA) is 66.5 Å². The number of rotatable bonds is 2. The summed E-state index contributed by atoms with van der Waals surface area (Å²) in [4.78, 5) is 10.6. The second-order valence-electron chi connectivity index (χ2n) is 4.65. The fraction of sp³-hybridized carbons (Fsp3) is 0.417. The lowest BCUT2D eigenvalue weighted by Crippen LogP contribution is -2.34. The summed E-state index contributed by atoms with van der Waals surface area (Å²) >= 11 is 5.76. The Labute approximate surface area is 130 Å². The zero-order valence-corrected chi connectivity index (χ0v) is 12.7. The lowest BCUT2D eigenvalue weighted by Gasteiger charge is -2.20. The van der Waals surface area contributed by atoms with E-state index in [1.807, 2.05) is 0 Å². The van der Waals surface area contributed by atoms with Gasteiger partial charge >= 0.3 is 6.18 Å². The maximum absolute atomic E-state index is 12.7. The van der Waals surface area contributed by atoms with Crippen molar-refractivity contribution in [2.45, 2.75) is 17.5 Å². The van der Waals surface area contributed by atoms with Crippen LogP contribution in [0.4, 0.5) is 13.2 Å². The van der Waals surface area contributed by atoms with E-state index in [-0.39, 0.29) is 37.0 Å². The molecule has 0 unspecified atom stereocenters. The molecule has 1 aliphatic rings. The number of amides is 1. The summed E-state index contributed by atoms with van der Waals surface area (Å²) in [5, 5.41) is 2.20. The molecule has 1 aromatic rings. The van der Waals surface area contributed by atoms with Crippen molar-refractivity contribution >= 4 is 27.5 Å². The Bertz CT molecular complexity index is 691. The third-order valence-corrected chi connectivity index (χ3v) is 5.53. The maximum atomic E-state index is 12.7. The van der Waals surface area contributed by atoms with Crippen LogP contribution in [-0.2, 0) is 21.0 Å². The van der Waals surface area contributed by atoms with Gasteiger partial charge in [0.15, 0.2) is 0 Å². The van der Waals surface area contributed by atoms with Gasteiger partial charge in [-0.05, 0) is 18.2 Å². The zero-order chi connectivity index (χ0) is 16.5. The Balaban J connectivity index is 2.42. The number of hydrogen-bond acceptors (Lipinski definition) is 3. The standard InChI is InChI=1S/C12H12ClF3N2O3S/c13-9-2-1-8(12(14,15)16)7-10(9)22(20,21)18-5-3-11(19)17-4-6-18/h1-2,7H,3-6H2,(H,17,19). The Hall–Kier alpha value is -1.32. The van der Waals surface area contributed by atoms with Gasteiger partial charge in [0.05, 0.1) is 10.6 Å². The molecule has 0 aliphatic carbocycles. The Morgan fingerprint density at radius 2 is 1.91 bits per heavy atom. The first-order valence-corrected chi connectivity index (χ1v) is 8.08. The molecule has 10 heteroatoms. The molecule has 1 saturated heterocycles. The lowest BCUT2D eigenvalue weighted by molar-refractivity contribution is -0.137. The van der Waals surface area contributed by atoms with E-state index in [4.69, 9.17) is 11.6 Å². The molecule has 0 spiro atoms. The van der Waals surface area contributed by atoms with Crippen LogP contribution in [0.3, 0.4) is 0 Å². The summed E-state index contributed by atoms with van der Waals surface area (Å²) in [5.74, 6) is -0.312. The number of hydrogen-bond donors (Lipinski definition) is 1. The highest BCUT2D eigenvalue weighted by Gasteiger charge is 2.34. The Morgan fingerprint density at radius 1 is 1.23 bits per heavy atom. The number of nitrogens with zero attached hydrogens (tertiary/aromatic N) is 1. The van der Waals surface area contributed by atoms with E-state index in [2.05, 4.69) is 5.32 Å². The van der Waals surface area contributed by atoms with Crippen LogP contribution >= 0.6 is 11.6 Å². The molecule has 2 rings (SSSR count). The fourth-order valence-corrected chi connectivity index (χ4v) is 3.95. The number of nitrogens with one attached hydrogen (secondary N) is 1. The van der Waals surface area contributed by atoms with Crippen LogP contribution in [0.2, 0.25) is 5.02 Å². The summed E-state index contributed by atoms with van der Waals surface area (Å²) in [6, 6.07) is 2.13. The number of carbonyl (C=O) groups is 1. The Morgan fingerprint density at radius 3 is 2.55 bits per heavy atom. The highest BCUT2D eigenvalue weighted by molar-refractivity contribution is 7.89. The number of benzene rings is 1. The largest absolute Gasteiger partial charge is 0.416 e. The van der Waals surface area contributed by atoms with Crippen molar-refractivity contribution in [3.05, 3.63) is 28.8 Å². The molecule has 1 aromatic carbocycles. The van der Waals surface area contributed by atoms with Gasteiger partial charge in [0.2, 0.25) is 15.9 Å². The highest BCUT2D eigenvalue weighted by atomic mass is 35.5. The van der Waals surface area contributed by atoms with E-state index in [1.54, 1.807) is 0 Å². The first kappa shape index (κ1) is 17.0. The molecule has 5 nitrogen and oxygen atoms in total. The molecule has 0 radical (unpaired) electrons. The normalized spacial score (nSPS) is 17.9. The van der Waals surface area contributed by atoms with Gasteiger partial charge in [-0.25, -0.2) is 8.42 Å². The average molecular weight is 357 g/mol. The van der Waals surface area contributed by atoms with Gasteiger partial charge in [-0.3, -0.25) is 4.79 Å². The molecule has 1 fully saturated rings. The van der Waals surface area contributed by atoms with Crippen molar-refractivity contribution in [3.63, 3.8) is 0 Å². The molecular weight excluding hydrogens is 345 g/mol. The van der Waals surface area contributed by atoms with Crippen molar-refractivity contribution < 1.29 is 26.4 Å². The average Bonchev–Trinajstić information content (AvgIpc) is 2.63. The van der Waals surface area contributed by atoms with Crippen LogP contribution < -0.4 is 5.32 Å². The second kappa shape index (κ2) is 6.05. The van der Waals surface area contributed by atoms with Crippen LogP contribution in [0.1, 0.15) is 12.0 Å².